The summed E-state index contributed by atoms with van der Waals surface area (Å²) in [5, 5.41) is 0. The van der Waals surface area contributed by atoms with Crippen LogP contribution in [0.1, 0.15) is 47.0 Å². The summed E-state index contributed by atoms with van der Waals surface area (Å²) >= 11 is 0. The first-order valence-corrected chi connectivity index (χ1v) is 4.02. The predicted molar refractivity (Wildman–Crippen MR) is 46.8 cm³/mol. The quantitative estimate of drug-likeness (QED) is 0.525. The summed E-state index contributed by atoms with van der Waals surface area (Å²) in [7, 11) is 0. The molecule has 0 aromatic carbocycles. The Hall–Kier alpha value is -0.440. The van der Waals surface area contributed by atoms with Crippen LogP contribution >= 0.6 is 0 Å². The van der Waals surface area contributed by atoms with E-state index in [0.29, 0.717) is 5.41 Å². The highest BCUT2D eigenvalue weighted by Crippen LogP contribution is 2.25. The zero-order chi connectivity index (χ0) is 8.04. The fourth-order valence-corrected chi connectivity index (χ4v) is 1.09. The maximum Gasteiger partial charge on any atom is 0.0140 e. The molecular formula is C10H18. The number of hydrogen-bond acceptors (Lipinski definition) is 0. The zero-order valence-electron chi connectivity index (χ0n) is 7.62. The molecule has 0 fully saturated rings. The van der Waals surface area contributed by atoms with Crippen molar-refractivity contribution < 1.29 is 0 Å². The zero-order valence-corrected chi connectivity index (χ0v) is 7.62. The van der Waals surface area contributed by atoms with E-state index in [4.69, 9.17) is 0 Å². The second kappa shape index (κ2) is 4.39. The van der Waals surface area contributed by atoms with E-state index < -0.39 is 0 Å². The molecule has 0 atom stereocenters. The summed E-state index contributed by atoms with van der Waals surface area (Å²) in [5.41, 5.74) is 0.428. The summed E-state index contributed by atoms with van der Waals surface area (Å²) in [6.45, 7) is 8.69. The minimum Gasteiger partial charge on any atom is -0.107 e. The van der Waals surface area contributed by atoms with Crippen LogP contribution in [0, 0.1) is 17.3 Å². The average molecular weight is 138 g/mol. The van der Waals surface area contributed by atoms with Crippen LogP contribution in [0.25, 0.3) is 0 Å². The van der Waals surface area contributed by atoms with Gasteiger partial charge in [-0.05, 0) is 18.8 Å². The van der Waals surface area contributed by atoms with Crippen molar-refractivity contribution in [1.82, 2.24) is 0 Å². The molecule has 0 radical (unpaired) electrons. The van der Waals surface area contributed by atoms with E-state index in [0.717, 1.165) is 6.42 Å². The minimum atomic E-state index is 0.428. The van der Waals surface area contributed by atoms with E-state index in [1.165, 1.54) is 12.8 Å². The lowest BCUT2D eigenvalue weighted by Gasteiger charge is -2.20. The van der Waals surface area contributed by atoms with Crippen LogP contribution in [-0.4, -0.2) is 0 Å². The first-order valence-electron chi connectivity index (χ1n) is 4.02. The monoisotopic (exact) mass is 138 g/mol. The van der Waals surface area contributed by atoms with Gasteiger partial charge >= 0.3 is 0 Å². The van der Waals surface area contributed by atoms with Crippen LogP contribution in [-0.2, 0) is 0 Å². The molecule has 0 aliphatic carbocycles. The molecule has 0 unspecified atom stereocenters. The van der Waals surface area contributed by atoms with Crippen LogP contribution in [0.15, 0.2) is 0 Å². The molecule has 0 heteroatoms. The van der Waals surface area contributed by atoms with Gasteiger partial charge in [0.25, 0.3) is 0 Å². The fraction of sp³-hybridized carbons (Fsp3) is 0.800. The summed E-state index contributed by atoms with van der Waals surface area (Å²) in [4.78, 5) is 0. The van der Waals surface area contributed by atoms with E-state index in [1.807, 2.05) is 6.92 Å². The van der Waals surface area contributed by atoms with Gasteiger partial charge in [-0.15, -0.1) is 11.8 Å². The lowest BCUT2D eigenvalue weighted by molar-refractivity contribution is 0.341. The molecule has 0 aliphatic heterocycles. The maximum atomic E-state index is 3.12. The Morgan fingerprint density at radius 1 is 1.30 bits per heavy atom. The molecule has 0 nitrogen and oxygen atoms in total. The molecule has 0 saturated carbocycles. The van der Waals surface area contributed by atoms with Crippen molar-refractivity contribution in [2.75, 3.05) is 0 Å². The van der Waals surface area contributed by atoms with Crippen molar-refractivity contribution in [3.8, 4) is 11.8 Å². The molecule has 0 spiro atoms. The summed E-state index contributed by atoms with van der Waals surface area (Å²) < 4.78 is 0. The van der Waals surface area contributed by atoms with Crippen LogP contribution in [0.2, 0.25) is 0 Å². The Kier molecular flexibility index (Phi) is 4.19. The maximum absolute atomic E-state index is 3.12. The molecule has 0 N–H and O–H groups in total. The predicted octanol–water partition coefficient (Wildman–Crippen LogP) is 3.23. The largest absolute Gasteiger partial charge is 0.107 e. The molecule has 0 aromatic heterocycles. The minimum absolute atomic E-state index is 0.428. The average Bonchev–Trinajstić information content (AvgIpc) is 1.84. The van der Waals surface area contributed by atoms with Crippen molar-refractivity contribution in [1.29, 1.82) is 0 Å². The molecule has 0 aromatic rings. The standard InChI is InChI=1S/C10H18/c1-5-7-9-10(3,4)8-6-2/h6,8-9H2,1-4H3. The van der Waals surface area contributed by atoms with Gasteiger partial charge in [-0.3, -0.25) is 0 Å². The second-order valence-corrected chi connectivity index (χ2v) is 3.52. The molecule has 0 heterocycles. The lowest BCUT2D eigenvalue weighted by atomic mass is 9.85. The van der Waals surface area contributed by atoms with Gasteiger partial charge in [-0.1, -0.05) is 27.2 Å². The van der Waals surface area contributed by atoms with Gasteiger partial charge in [-0.25, -0.2) is 0 Å². The first-order chi connectivity index (χ1) is 4.62. The second-order valence-electron chi connectivity index (χ2n) is 3.52. The van der Waals surface area contributed by atoms with E-state index in [9.17, 15) is 0 Å². The van der Waals surface area contributed by atoms with Gasteiger partial charge in [0.15, 0.2) is 0 Å². The first kappa shape index (κ1) is 9.56. The van der Waals surface area contributed by atoms with Gasteiger partial charge in [0.05, 0.1) is 0 Å². The SMILES string of the molecule is CC#CCC(C)(C)CCC. The van der Waals surface area contributed by atoms with E-state index in [1.54, 1.807) is 0 Å². The Labute approximate surface area is 65.0 Å². The third-order valence-electron chi connectivity index (χ3n) is 1.67. The van der Waals surface area contributed by atoms with Crippen molar-refractivity contribution in [2.45, 2.75) is 47.0 Å². The fourth-order valence-electron chi connectivity index (χ4n) is 1.09. The molecular weight excluding hydrogens is 120 g/mol. The van der Waals surface area contributed by atoms with Crippen molar-refractivity contribution in [2.24, 2.45) is 5.41 Å². The third kappa shape index (κ3) is 4.44. The molecule has 0 rings (SSSR count). The lowest BCUT2D eigenvalue weighted by Crippen LogP contribution is -2.08. The highest BCUT2D eigenvalue weighted by atomic mass is 14.2. The Balaban J connectivity index is 3.70. The van der Waals surface area contributed by atoms with Crippen molar-refractivity contribution in [3.05, 3.63) is 0 Å². The highest BCUT2D eigenvalue weighted by molar-refractivity contribution is 4.98. The Morgan fingerprint density at radius 2 is 1.90 bits per heavy atom. The van der Waals surface area contributed by atoms with Crippen LogP contribution in [0.5, 0.6) is 0 Å². The van der Waals surface area contributed by atoms with Gasteiger partial charge < -0.3 is 0 Å². The normalized spacial score (nSPS) is 10.4. The molecule has 0 amide bonds. The third-order valence-corrected chi connectivity index (χ3v) is 1.67. The Morgan fingerprint density at radius 3 is 2.30 bits per heavy atom. The van der Waals surface area contributed by atoms with Gasteiger partial charge in [0.2, 0.25) is 0 Å². The van der Waals surface area contributed by atoms with E-state index in [-0.39, 0.29) is 0 Å². The molecule has 0 saturated heterocycles. The molecule has 58 valence electrons. The van der Waals surface area contributed by atoms with Gasteiger partial charge in [0.1, 0.15) is 0 Å². The Bertz CT molecular complexity index is 132. The highest BCUT2D eigenvalue weighted by Gasteiger charge is 2.13. The summed E-state index contributed by atoms with van der Waals surface area (Å²) in [6.07, 6.45) is 3.58. The number of hydrogen-bond donors (Lipinski definition) is 0. The molecule has 10 heavy (non-hydrogen) atoms. The van der Waals surface area contributed by atoms with Crippen LogP contribution in [0.4, 0.5) is 0 Å². The molecule has 0 aliphatic rings. The van der Waals surface area contributed by atoms with Crippen molar-refractivity contribution >= 4 is 0 Å². The van der Waals surface area contributed by atoms with E-state index >= 15 is 0 Å². The van der Waals surface area contributed by atoms with Gasteiger partial charge in [-0.2, -0.15) is 0 Å². The topological polar surface area (TPSA) is 0 Å². The van der Waals surface area contributed by atoms with Crippen molar-refractivity contribution in [3.63, 3.8) is 0 Å². The van der Waals surface area contributed by atoms with E-state index in [2.05, 4.69) is 32.6 Å². The van der Waals surface area contributed by atoms with Crippen LogP contribution in [0.3, 0.4) is 0 Å². The molecule has 0 bridgehead atoms. The van der Waals surface area contributed by atoms with Crippen LogP contribution < -0.4 is 0 Å². The summed E-state index contributed by atoms with van der Waals surface area (Å²) in [5.74, 6) is 6.06. The summed E-state index contributed by atoms with van der Waals surface area (Å²) in [6, 6.07) is 0. The van der Waals surface area contributed by atoms with Gasteiger partial charge in [0, 0.05) is 6.42 Å². The number of rotatable bonds is 3. The smallest absolute Gasteiger partial charge is 0.0140 e.